The minimum atomic E-state index is -0.441. The van der Waals surface area contributed by atoms with E-state index in [0.717, 1.165) is 26.4 Å². The van der Waals surface area contributed by atoms with Gasteiger partial charge in [-0.2, -0.15) is 0 Å². The second-order valence-corrected chi connectivity index (χ2v) is 9.25. The fraction of sp³-hybridized carbons (Fsp3) is 0.143. The van der Waals surface area contributed by atoms with Gasteiger partial charge in [-0.05, 0) is 24.3 Å². The molecule has 0 spiro atoms. The van der Waals surface area contributed by atoms with Crippen molar-refractivity contribution in [3.05, 3.63) is 79.1 Å². The summed E-state index contributed by atoms with van der Waals surface area (Å²) in [5.74, 6) is 2.03. The van der Waals surface area contributed by atoms with Crippen molar-refractivity contribution in [1.29, 1.82) is 0 Å². The summed E-state index contributed by atoms with van der Waals surface area (Å²) in [6.45, 7) is 0.852. The third-order valence-electron chi connectivity index (χ3n) is 5.55. The van der Waals surface area contributed by atoms with Gasteiger partial charge in [0.2, 0.25) is 0 Å². The van der Waals surface area contributed by atoms with Gasteiger partial charge in [0, 0.05) is 40.8 Å². The first kappa shape index (κ1) is 26.0. The van der Waals surface area contributed by atoms with Crippen molar-refractivity contribution in [2.45, 2.75) is 9.92 Å². The van der Waals surface area contributed by atoms with Crippen molar-refractivity contribution in [2.75, 3.05) is 38.1 Å². The van der Waals surface area contributed by atoms with Gasteiger partial charge in [-0.25, -0.2) is 14.8 Å². The second-order valence-electron chi connectivity index (χ2n) is 8.19. The summed E-state index contributed by atoms with van der Waals surface area (Å²) in [5, 5.41) is 11.0. The lowest BCUT2D eigenvalue weighted by molar-refractivity contribution is 0.144. The van der Waals surface area contributed by atoms with E-state index in [9.17, 15) is 4.79 Å². The Kier molecular flexibility index (Phi) is 8.20. The van der Waals surface area contributed by atoms with Crippen molar-refractivity contribution in [3.63, 3.8) is 0 Å². The standard InChI is InChI=1S/C28H25N5O5S/c1-35-11-12-37-25-15-22-21(14-24(25)36-2)27(30-17-29-22)39-20-10-6-9-19(13-20)31-28(34)32-26-16-23(38-33-26)18-7-4-3-5-8-18/h3-10,13-17H,11-12H2,1-2H3,(H2,31,32,33,34). The number of hydrogen-bond donors (Lipinski definition) is 2. The molecule has 5 aromatic rings. The molecule has 2 amide bonds. The SMILES string of the molecule is COCCOc1cc2ncnc(Sc3cccc(NC(=O)Nc4cc(-c5ccccc5)on4)c3)c2cc1OC. The Balaban J connectivity index is 1.28. The number of rotatable bonds is 10. The van der Waals surface area contributed by atoms with Crippen LogP contribution in [0.4, 0.5) is 16.3 Å². The molecular formula is C28H25N5O5S. The van der Waals surface area contributed by atoms with Gasteiger partial charge in [0.05, 0.1) is 19.2 Å². The van der Waals surface area contributed by atoms with E-state index < -0.39 is 6.03 Å². The molecule has 11 heteroatoms. The molecular weight excluding hydrogens is 518 g/mol. The fourth-order valence-corrected chi connectivity index (χ4v) is 4.66. The van der Waals surface area contributed by atoms with Gasteiger partial charge >= 0.3 is 6.03 Å². The average Bonchev–Trinajstić information content (AvgIpc) is 3.42. The monoisotopic (exact) mass is 543 g/mol. The topological polar surface area (TPSA) is 121 Å². The maximum atomic E-state index is 12.6. The van der Waals surface area contributed by atoms with Gasteiger partial charge in [0.15, 0.2) is 23.1 Å². The van der Waals surface area contributed by atoms with Crippen LogP contribution >= 0.6 is 11.8 Å². The molecule has 0 fully saturated rings. The molecule has 10 nitrogen and oxygen atoms in total. The van der Waals surface area contributed by atoms with Crippen LogP contribution in [0, 0.1) is 0 Å². The minimum Gasteiger partial charge on any atom is -0.493 e. The smallest absolute Gasteiger partial charge is 0.324 e. The van der Waals surface area contributed by atoms with Crippen molar-refractivity contribution < 1.29 is 23.5 Å². The average molecular weight is 544 g/mol. The molecule has 2 heterocycles. The summed E-state index contributed by atoms with van der Waals surface area (Å²) in [4.78, 5) is 22.3. The number of carbonyl (C=O) groups is 1. The van der Waals surface area contributed by atoms with Gasteiger partial charge in [-0.15, -0.1) is 0 Å². The van der Waals surface area contributed by atoms with Crippen LogP contribution in [0.5, 0.6) is 11.5 Å². The molecule has 3 aromatic carbocycles. The number of ether oxygens (including phenoxy) is 3. The molecule has 0 saturated carbocycles. The molecule has 5 rings (SSSR count). The molecule has 0 unspecified atom stereocenters. The number of amides is 2. The molecule has 39 heavy (non-hydrogen) atoms. The second kappa shape index (κ2) is 12.3. The Morgan fingerprint density at radius 1 is 0.923 bits per heavy atom. The molecule has 0 atom stereocenters. The van der Waals surface area contributed by atoms with E-state index in [1.807, 2.05) is 60.7 Å². The van der Waals surface area contributed by atoms with E-state index in [1.54, 1.807) is 26.4 Å². The first-order valence-corrected chi connectivity index (χ1v) is 12.8. The molecule has 198 valence electrons. The number of hydrogen-bond acceptors (Lipinski definition) is 9. The fourth-order valence-electron chi connectivity index (χ4n) is 3.73. The van der Waals surface area contributed by atoms with Crippen LogP contribution < -0.4 is 20.1 Å². The van der Waals surface area contributed by atoms with Gasteiger partial charge in [0.25, 0.3) is 0 Å². The summed E-state index contributed by atoms with van der Waals surface area (Å²) in [6, 6.07) is 21.9. The van der Waals surface area contributed by atoms with Crippen LogP contribution in [-0.2, 0) is 4.74 Å². The molecule has 2 aromatic heterocycles. The first-order chi connectivity index (χ1) is 19.1. The molecule has 0 radical (unpaired) electrons. The number of benzene rings is 3. The molecule has 0 aliphatic carbocycles. The normalized spacial score (nSPS) is 10.8. The first-order valence-electron chi connectivity index (χ1n) is 12.0. The Labute approximate surface area is 228 Å². The highest BCUT2D eigenvalue weighted by Gasteiger charge is 2.14. The number of aromatic nitrogens is 3. The lowest BCUT2D eigenvalue weighted by Gasteiger charge is -2.13. The van der Waals surface area contributed by atoms with Gasteiger partial charge in [-0.1, -0.05) is 53.3 Å². The highest BCUT2D eigenvalue weighted by atomic mass is 32.2. The molecule has 0 bridgehead atoms. The van der Waals surface area contributed by atoms with E-state index in [4.69, 9.17) is 18.7 Å². The van der Waals surface area contributed by atoms with Crippen LogP contribution in [0.1, 0.15) is 0 Å². The zero-order valence-electron chi connectivity index (χ0n) is 21.2. The summed E-state index contributed by atoms with van der Waals surface area (Å²) in [5.41, 5.74) is 2.19. The Morgan fingerprint density at radius 2 is 1.79 bits per heavy atom. The van der Waals surface area contributed by atoms with Crippen molar-refractivity contribution in [2.24, 2.45) is 0 Å². The van der Waals surface area contributed by atoms with Gasteiger partial charge in [-0.3, -0.25) is 5.32 Å². The Morgan fingerprint density at radius 3 is 2.62 bits per heavy atom. The zero-order chi connectivity index (χ0) is 27.0. The van der Waals surface area contributed by atoms with Crippen molar-refractivity contribution >= 4 is 40.2 Å². The molecule has 0 aliphatic heterocycles. The van der Waals surface area contributed by atoms with Crippen LogP contribution in [0.3, 0.4) is 0 Å². The highest BCUT2D eigenvalue weighted by molar-refractivity contribution is 7.99. The minimum absolute atomic E-state index is 0.309. The number of carbonyl (C=O) groups excluding carboxylic acids is 1. The predicted octanol–water partition coefficient (Wildman–Crippen LogP) is 6.11. The number of nitrogens with zero attached hydrogens (tertiary/aromatic N) is 3. The third-order valence-corrected chi connectivity index (χ3v) is 6.55. The summed E-state index contributed by atoms with van der Waals surface area (Å²) >= 11 is 1.44. The van der Waals surface area contributed by atoms with E-state index in [0.29, 0.717) is 42.0 Å². The molecule has 0 saturated heterocycles. The van der Waals surface area contributed by atoms with Crippen LogP contribution in [-0.4, -0.2) is 48.6 Å². The number of nitrogens with one attached hydrogen (secondary N) is 2. The van der Waals surface area contributed by atoms with Gasteiger partial charge < -0.3 is 24.1 Å². The molecule has 2 N–H and O–H groups in total. The lowest BCUT2D eigenvalue weighted by Crippen LogP contribution is -2.19. The third kappa shape index (κ3) is 6.46. The summed E-state index contributed by atoms with van der Waals surface area (Å²) in [7, 11) is 3.20. The number of urea groups is 1. The van der Waals surface area contributed by atoms with E-state index >= 15 is 0 Å². The highest BCUT2D eigenvalue weighted by Crippen LogP contribution is 2.37. The van der Waals surface area contributed by atoms with Gasteiger partial charge in [0.1, 0.15) is 18.0 Å². The number of anilines is 2. The van der Waals surface area contributed by atoms with Crippen LogP contribution in [0.25, 0.3) is 22.2 Å². The predicted molar refractivity (Wildman–Crippen MR) is 149 cm³/mol. The van der Waals surface area contributed by atoms with E-state index in [-0.39, 0.29) is 0 Å². The largest absolute Gasteiger partial charge is 0.493 e. The Hall–Kier alpha value is -4.61. The maximum absolute atomic E-state index is 12.6. The summed E-state index contributed by atoms with van der Waals surface area (Å²) < 4.78 is 21.7. The van der Waals surface area contributed by atoms with Crippen LogP contribution in [0.15, 0.2) is 93.6 Å². The quantitative estimate of drug-likeness (QED) is 0.159. The lowest BCUT2D eigenvalue weighted by atomic mass is 10.2. The van der Waals surface area contributed by atoms with E-state index in [2.05, 4.69) is 25.8 Å². The number of methoxy groups -OCH3 is 2. The zero-order valence-corrected chi connectivity index (χ0v) is 22.0. The van der Waals surface area contributed by atoms with Crippen LogP contribution in [0.2, 0.25) is 0 Å². The van der Waals surface area contributed by atoms with Crippen molar-refractivity contribution in [1.82, 2.24) is 15.1 Å². The van der Waals surface area contributed by atoms with E-state index in [1.165, 1.54) is 18.1 Å². The molecule has 0 aliphatic rings. The maximum Gasteiger partial charge on any atom is 0.324 e. The number of fused-ring (bicyclic) bond motifs is 1. The Bertz CT molecular complexity index is 1580. The summed E-state index contributed by atoms with van der Waals surface area (Å²) in [6.07, 6.45) is 1.51. The van der Waals surface area contributed by atoms with Crippen molar-refractivity contribution in [3.8, 4) is 22.8 Å².